The van der Waals surface area contributed by atoms with Crippen molar-refractivity contribution in [3.05, 3.63) is 35.9 Å². The Labute approximate surface area is 136 Å². The van der Waals surface area contributed by atoms with Crippen molar-refractivity contribution >= 4 is 12.1 Å². The number of carbonyl (C=O) groups is 2. The number of carbonyl (C=O) groups excluding carboxylic acids is 1. The lowest BCUT2D eigenvalue weighted by Gasteiger charge is -2.31. The molecule has 0 radical (unpaired) electrons. The van der Waals surface area contributed by atoms with Crippen molar-refractivity contribution in [2.45, 2.75) is 32.1 Å². The first kappa shape index (κ1) is 15.8. The van der Waals surface area contributed by atoms with Gasteiger partial charge >= 0.3 is 12.1 Å². The molecule has 0 bridgehead atoms. The minimum absolute atomic E-state index is 0.0457. The molecule has 1 aliphatic carbocycles. The number of hydrogen-bond donors (Lipinski definition) is 1. The normalized spacial score (nSPS) is 21.9. The third kappa shape index (κ3) is 3.66. The summed E-state index contributed by atoms with van der Waals surface area (Å²) in [6.45, 7) is 1.65. The maximum atomic E-state index is 12.0. The highest BCUT2D eigenvalue weighted by atomic mass is 16.6. The second-order valence-electron chi connectivity index (χ2n) is 6.65. The molecule has 1 aliphatic heterocycles. The summed E-state index contributed by atoms with van der Waals surface area (Å²) < 4.78 is 5.34. The van der Waals surface area contributed by atoms with E-state index in [2.05, 4.69) is 12.1 Å². The van der Waals surface area contributed by atoms with E-state index in [9.17, 15) is 9.59 Å². The molecule has 3 rings (SSSR count). The van der Waals surface area contributed by atoms with E-state index in [0.717, 1.165) is 32.1 Å². The summed E-state index contributed by atoms with van der Waals surface area (Å²) >= 11 is 0. The second-order valence-corrected chi connectivity index (χ2v) is 6.65. The molecule has 1 spiro atoms. The topological polar surface area (TPSA) is 66.8 Å². The number of nitrogens with zero attached hydrogens (tertiary/aromatic N) is 1. The molecule has 0 unspecified atom stereocenters. The summed E-state index contributed by atoms with van der Waals surface area (Å²) in [6, 6.07) is 10.1. The van der Waals surface area contributed by atoms with Gasteiger partial charge in [0.2, 0.25) is 0 Å². The third-order valence-corrected chi connectivity index (χ3v) is 5.18. The predicted molar refractivity (Wildman–Crippen MR) is 85.1 cm³/mol. The van der Waals surface area contributed by atoms with Gasteiger partial charge in [-0.1, -0.05) is 30.3 Å². The van der Waals surface area contributed by atoms with Crippen molar-refractivity contribution < 1.29 is 19.4 Å². The zero-order valence-electron chi connectivity index (χ0n) is 13.2. The van der Waals surface area contributed by atoms with Crippen LogP contribution in [0.2, 0.25) is 0 Å². The molecule has 1 aromatic rings. The predicted octanol–water partition coefficient (Wildman–Crippen LogP) is 2.94. The zero-order valence-corrected chi connectivity index (χ0v) is 13.2. The number of likely N-dealkylation sites (tertiary alicyclic amines) is 1. The van der Waals surface area contributed by atoms with Gasteiger partial charge in [0.1, 0.15) is 0 Å². The first-order valence-electron chi connectivity index (χ1n) is 8.29. The van der Waals surface area contributed by atoms with Crippen molar-refractivity contribution in [3.8, 4) is 0 Å². The van der Waals surface area contributed by atoms with E-state index in [1.165, 1.54) is 5.56 Å². The summed E-state index contributed by atoms with van der Waals surface area (Å²) in [5, 5.41) is 9.08. The van der Waals surface area contributed by atoms with Crippen LogP contribution >= 0.6 is 0 Å². The molecule has 1 saturated carbocycles. The van der Waals surface area contributed by atoms with Gasteiger partial charge in [-0.3, -0.25) is 4.79 Å². The monoisotopic (exact) mass is 317 g/mol. The van der Waals surface area contributed by atoms with Crippen molar-refractivity contribution in [2.24, 2.45) is 11.3 Å². The fraction of sp³-hybridized carbons (Fsp3) is 0.556. The van der Waals surface area contributed by atoms with Crippen LogP contribution in [0.5, 0.6) is 0 Å². The molecule has 124 valence electrons. The Hall–Kier alpha value is -2.04. The molecule has 1 aromatic carbocycles. The molecule has 5 nitrogen and oxygen atoms in total. The summed E-state index contributed by atoms with van der Waals surface area (Å²) in [6.07, 6.45) is 3.78. The Bertz CT molecular complexity index is 564. The average Bonchev–Trinajstić information content (AvgIpc) is 3.27. The molecule has 1 atom stereocenters. The highest BCUT2D eigenvalue weighted by Crippen LogP contribution is 2.59. The minimum atomic E-state index is -0.693. The Morgan fingerprint density at radius 1 is 1.22 bits per heavy atom. The number of rotatable bonds is 5. The van der Waals surface area contributed by atoms with E-state index in [1.54, 1.807) is 4.90 Å². The van der Waals surface area contributed by atoms with E-state index >= 15 is 0 Å². The summed E-state index contributed by atoms with van der Waals surface area (Å²) in [5.41, 5.74) is 1.20. The fourth-order valence-electron chi connectivity index (χ4n) is 3.56. The van der Waals surface area contributed by atoms with Crippen LogP contribution in [0.15, 0.2) is 30.3 Å². The molecule has 5 heteroatoms. The van der Waals surface area contributed by atoms with Crippen molar-refractivity contribution in [1.29, 1.82) is 0 Å². The largest absolute Gasteiger partial charge is 0.481 e. The lowest BCUT2D eigenvalue weighted by Crippen LogP contribution is -2.40. The molecule has 0 aromatic heterocycles. The van der Waals surface area contributed by atoms with Crippen LogP contribution in [0.4, 0.5) is 4.79 Å². The van der Waals surface area contributed by atoms with Crippen LogP contribution in [-0.4, -0.2) is 41.8 Å². The first-order chi connectivity index (χ1) is 11.1. The van der Waals surface area contributed by atoms with Gasteiger partial charge in [0.25, 0.3) is 0 Å². The molecule has 2 fully saturated rings. The van der Waals surface area contributed by atoms with E-state index in [-0.39, 0.29) is 17.4 Å². The zero-order chi connectivity index (χ0) is 16.3. The number of aryl methyl sites for hydroxylation is 1. The second kappa shape index (κ2) is 6.60. The maximum absolute atomic E-state index is 12.0. The summed E-state index contributed by atoms with van der Waals surface area (Å²) in [4.78, 5) is 24.8. The van der Waals surface area contributed by atoms with Crippen LogP contribution in [0.1, 0.15) is 31.2 Å². The Morgan fingerprint density at radius 3 is 2.52 bits per heavy atom. The molecular formula is C18H23NO4. The van der Waals surface area contributed by atoms with E-state index in [0.29, 0.717) is 19.7 Å². The molecule has 1 amide bonds. The SMILES string of the molecule is O=C(O)[C@@H]1CC12CCN(C(=O)OCCCc1ccccc1)CC2. The molecule has 1 heterocycles. The van der Waals surface area contributed by atoms with Crippen LogP contribution in [0, 0.1) is 11.3 Å². The lowest BCUT2D eigenvalue weighted by atomic mass is 9.91. The van der Waals surface area contributed by atoms with E-state index in [1.807, 2.05) is 18.2 Å². The van der Waals surface area contributed by atoms with Crippen molar-refractivity contribution in [3.63, 3.8) is 0 Å². The van der Waals surface area contributed by atoms with E-state index < -0.39 is 5.97 Å². The fourth-order valence-corrected chi connectivity index (χ4v) is 3.56. The number of carboxylic acid groups (broad SMARTS) is 1. The summed E-state index contributed by atoms with van der Waals surface area (Å²) in [5.74, 6) is -0.895. The molecular weight excluding hydrogens is 294 g/mol. The Kier molecular flexibility index (Phi) is 4.55. The summed E-state index contributed by atoms with van der Waals surface area (Å²) in [7, 11) is 0. The smallest absolute Gasteiger partial charge is 0.409 e. The Balaban J connectivity index is 1.35. The van der Waals surface area contributed by atoms with Crippen LogP contribution in [-0.2, 0) is 16.0 Å². The first-order valence-corrected chi connectivity index (χ1v) is 8.29. The molecule has 1 saturated heterocycles. The highest BCUT2D eigenvalue weighted by Gasteiger charge is 2.59. The van der Waals surface area contributed by atoms with E-state index in [4.69, 9.17) is 9.84 Å². The molecule has 2 aliphatic rings. The van der Waals surface area contributed by atoms with Crippen LogP contribution in [0.3, 0.4) is 0 Å². The lowest BCUT2D eigenvalue weighted by molar-refractivity contribution is -0.139. The quantitative estimate of drug-likeness (QED) is 0.848. The molecule has 23 heavy (non-hydrogen) atoms. The Morgan fingerprint density at radius 2 is 1.91 bits per heavy atom. The van der Waals surface area contributed by atoms with Gasteiger partial charge in [-0.05, 0) is 43.1 Å². The van der Waals surface area contributed by atoms with Gasteiger partial charge in [0.15, 0.2) is 0 Å². The van der Waals surface area contributed by atoms with Gasteiger partial charge < -0.3 is 14.7 Å². The van der Waals surface area contributed by atoms with Gasteiger partial charge in [0.05, 0.1) is 12.5 Å². The third-order valence-electron chi connectivity index (χ3n) is 5.18. The number of carboxylic acids is 1. The van der Waals surface area contributed by atoms with Gasteiger partial charge in [-0.2, -0.15) is 0 Å². The number of piperidine rings is 1. The van der Waals surface area contributed by atoms with Crippen molar-refractivity contribution in [2.75, 3.05) is 19.7 Å². The number of amides is 1. The number of hydrogen-bond acceptors (Lipinski definition) is 3. The maximum Gasteiger partial charge on any atom is 0.409 e. The standard InChI is InChI=1S/C18H23NO4/c20-16(21)15-13-18(15)8-10-19(11-9-18)17(22)23-12-4-7-14-5-2-1-3-6-14/h1-3,5-6,15H,4,7-13H2,(H,20,21)/t15-/m0/s1. The highest BCUT2D eigenvalue weighted by molar-refractivity contribution is 5.75. The van der Waals surface area contributed by atoms with Crippen molar-refractivity contribution in [1.82, 2.24) is 4.90 Å². The van der Waals surface area contributed by atoms with Gasteiger partial charge in [0, 0.05) is 13.1 Å². The molecule has 1 N–H and O–H groups in total. The van der Waals surface area contributed by atoms with Crippen LogP contribution < -0.4 is 0 Å². The average molecular weight is 317 g/mol. The number of ether oxygens (including phenoxy) is 1. The minimum Gasteiger partial charge on any atom is -0.481 e. The number of benzene rings is 1. The van der Waals surface area contributed by atoms with Gasteiger partial charge in [-0.15, -0.1) is 0 Å². The van der Waals surface area contributed by atoms with Crippen LogP contribution in [0.25, 0.3) is 0 Å². The number of aliphatic carboxylic acids is 1. The van der Waals surface area contributed by atoms with Gasteiger partial charge in [-0.25, -0.2) is 4.79 Å².